The molecule has 0 aliphatic heterocycles. The molecule has 1 aromatic carbocycles. The minimum absolute atomic E-state index is 0.662. The molecule has 6 heteroatoms. The van der Waals surface area contributed by atoms with Crippen LogP contribution in [0.15, 0.2) is 29.0 Å². The quantitative estimate of drug-likeness (QED) is 0.915. The van der Waals surface area contributed by atoms with E-state index in [0.717, 1.165) is 21.6 Å². The van der Waals surface area contributed by atoms with Crippen molar-refractivity contribution in [1.82, 2.24) is 20.1 Å². The van der Waals surface area contributed by atoms with E-state index >= 15 is 0 Å². The maximum atomic E-state index is 5.23. The molecule has 0 bridgehead atoms. The summed E-state index contributed by atoms with van der Waals surface area (Å²) in [7, 11) is 3.55. The minimum Gasteiger partial charge on any atom is -0.497 e. The second-order valence-corrected chi connectivity index (χ2v) is 4.68. The van der Waals surface area contributed by atoms with Gasteiger partial charge in [-0.15, -0.1) is 0 Å². The van der Waals surface area contributed by atoms with Crippen LogP contribution < -0.4 is 10.1 Å². The Morgan fingerprint density at radius 1 is 1.44 bits per heavy atom. The second-order valence-electron chi connectivity index (χ2n) is 3.82. The third-order valence-corrected chi connectivity index (χ3v) is 3.38. The van der Waals surface area contributed by atoms with Crippen LogP contribution in [0, 0.1) is 0 Å². The first-order valence-electron chi connectivity index (χ1n) is 5.58. The van der Waals surface area contributed by atoms with Crippen LogP contribution in [-0.2, 0) is 13.1 Å². The number of hydrogen-bond acceptors (Lipinski definition) is 4. The number of nitrogens with zero attached hydrogens (tertiary/aromatic N) is 3. The molecule has 0 unspecified atom stereocenters. The van der Waals surface area contributed by atoms with E-state index in [9.17, 15) is 0 Å². The number of rotatable bonds is 5. The van der Waals surface area contributed by atoms with Gasteiger partial charge in [-0.25, -0.2) is 9.67 Å². The molecule has 1 N–H and O–H groups in total. The molecule has 0 atom stereocenters. The Morgan fingerprint density at radius 3 is 3.00 bits per heavy atom. The van der Waals surface area contributed by atoms with Gasteiger partial charge in [-0.2, -0.15) is 5.10 Å². The zero-order valence-electron chi connectivity index (χ0n) is 10.4. The smallest absolute Gasteiger partial charge is 0.141 e. The van der Waals surface area contributed by atoms with E-state index in [2.05, 4.69) is 31.3 Å². The molecule has 0 saturated carbocycles. The number of nitrogens with one attached hydrogen (secondary N) is 1. The van der Waals surface area contributed by atoms with Gasteiger partial charge >= 0.3 is 0 Å². The third-order valence-electron chi connectivity index (χ3n) is 2.60. The molecule has 0 aliphatic carbocycles. The van der Waals surface area contributed by atoms with Gasteiger partial charge in [0.1, 0.15) is 17.9 Å². The van der Waals surface area contributed by atoms with E-state index in [1.807, 2.05) is 29.9 Å². The SMILES string of the molecule is CNCc1ncnn1Cc1cc(OC)ccc1Br. The Balaban J connectivity index is 2.24. The van der Waals surface area contributed by atoms with Crippen LogP contribution in [0.4, 0.5) is 0 Å². The lowest BCUT2D eigenvalue weighted by Crippen LogP contribution is -2.14. The molecule has 0 aliphatic rings. The molecule has 5 nitrogen and oxygen atoms in total. The first-order chi connectivity index (χ1) is 8.74. The molecule has 2 rings (SSSR count). The fraction of sp³-hybridized carbons (Fsp3) is 0.333. The van der Waals surface area contributed by atoms with Crippen molar-refractivity contribution in [2.45, 2.75) is 13.1 Å². The highest BCUT2D eigenvalue weighted by Crippen LogP contribution is 2.23. The summed E-state index contributed by atoms with van der Waals surface area (Å²) >= 11 is 3.54. The monoisotopic (exact) mass is 310 g/mol. The number of methoxy groups -OCH3 is 1. The van der Waals surface area contributed by atoms with Gasteiger partial charge in [0.2, 0.25) is 0 Å². The van der Waals surface area contributed by atoms with Gasteiger partial charge in [-0.1, -0.05) is 15.9 Å². The molecule has 96 valence electrons. The van der Waals surface area contributed by atoms with Crippen molar-refractivity contribution < 1.29 is 4.74 Å². The molecule has 0 radical (unpaired) electrons. The van der Waals surface area contributed by atoms with Crippen molar-refractivity contribution in [3.63, 3.8) is 0 Å². The number of benzene rings is 1. The average Bonchev–Trinajstić information content (AvgIpc) is 2.80. The van der Waals surface area contributed by atoms with Crippen LogP contribution in [0.25, 0.3) is 0 Å². The zero-order chi connectivity index (χ0) is 13.0. The van der Waals surface area contributed by atoms with E-state index in [1.165, 1.54) is 0 Å². The molecule has 0 saturated heterocycles. The Labute approximate surface area is 114 Å². The van der Waals surface area contributed by atoms with Crippen LogP contribution in [0.1, 0.15) is 11.4 Å². The second kappa shape index (κ2) is 5.97. The fourth-order valence-corrected chi connectivity index (χ4v) is 2.05. The van der Waals surface area contributed by atoms with Gasteiger partial charge in [0.15, 0.2) is 0 Å². The van der Waals surface area contributed by atoms with Crippen LogP contribution in [0.2, 0.25) is 0 Å². The van der Waals surface area contributed by atoms with Gasteiger partial charge in [-0.3, -0.25) is 0 Å². The summed E-state index contributed by atoms with van der Waals surface area (Å²) in [5.74, 6) is 1.75. The third kappa shape index (κ3) is 2.88. The maximum Gasteiger partial charge on any atom is 0.141 e. The molecule has 2 aromatic rings. The van der Waals surface area contributed by atoms with E-state index < -0.39 is 0 Å². The predicted molar refractivity (Wildman–Crippen MR) is 72.6 cm³/mol. The van der Waals surface area contributed by atoms with E-state index in [0.29, 0.717) is 13.1 Å². The Morgan fingerprint density at radius 2 is 2.28 bits per heavy atom. The zero-order valence-corrected chi connectivity index (χ0v) is 11.9. The lowest BCUT2D eigenvalue weighted by Gasteiger charge is -2.09. The summed E-state index contributed by atoms with van der Waals surface area (Å²) in [4.78, 5) is 4.22. The fourth-order valence-electron chi connectivity index (χ4n) is 1.68. The average molecular weight is 311 g/mol. The lowest BCUT2D eigenvalue weighted by molar-refractivity contribution is 0.414. The van der Waals surface area contributed by atoms with Crippen molar-refractivity contribution in [2.24, 2.45) is 0 Å². The van der Waals surface area contributed by atoms with Gasteiger partial charge in [0.25, 0.3) is 0 Å². The minimum atomic E-state index is 0.662. The molecule has 0 fully saturated rings. The van der Waals surface area contributed by atoms with E-state index in [4.69, 9.17) is 4.74 Å². The highest BCUT2D eigenvalue weighted by atomic mass is 79.9. The molecule has 0 amide bonds. The van der Waals surface area contributed by atoms with Crippen molar-refractivity contribution >= 4 is 15.9 Å². The molecular weight excluding hydrogens is 296 g/mol. The Kier molecular flexibility index (Phi) is 4.33. The topological polar surface area (TPSA) is 52.0 Å². The van der Waals surface area contributed by atoms with Crippen molar-refractivity contribution in [3.05, 3.63) is 40.4 Å². The summed E-state index contributed by atoms with van der Waals surface area (Å²) < 4.78 is 8.14. The highest BCUT2D eigenvalue weighted by molar-refractivity contribution is 9.10. The van der Waals surface area contributed by atoms with E-state index in [1.54, 1.807) is 13.4 Å². The summed E-state index contributed by atoms with van der Waals surface area (Å²) in [6.45, 7) is 1.36. The first-order valence-corrected chi connectivity index (χ1v) is 6.37. The van der Waals surface area contributed by atoms with Crippen LogP contribution in [-0.4, -0.2) is 28.9 Å². The van der Waals surface area contributed by atoms with Gasteiger partial charge in [0, 0.05) is 4.47 Å². The standard InChI is InChI=1S/C12H15BrN4O/c1-14-6-12-15-8-16-17(12)7-9-5-10(18-2)3-4-11(9)13/h3-5,8,14H,6-7H2,1-2H3. The van der Waals surface area contributed by atoms with Gasteiger partial charge < -0.3 is 10.1 Å². The first kappa shape index (κ1) is 13.0. The van der Waals surface area contributed by atoms with Gasteiger partial charge in [0.05, 0.1) is 20.2 Å². The molecular formula is C12H15BrN4O. The molecule has 1 aromatic heterocycles. The summed E-state index contributed by atoms with van der Waals surface area (Å²) in [5.41, 5.74) is 1.11. The summed E-state index contributed by atoms with van der Waals surface area (Å²) in [5, 5.41) is 7.30. The number of aromatic nitrogens is 3. The predicted octanol–water partition coefficient (Wildman–Crippen LogP) is 1.82. The molecule has 18 heavy (non-hydrogen) atoms. The highest BCUT2D eigenvalue weighted by Gasteiger charge is 2.07. The van der Waals surface area contributed by atoms with E-state index in [-0.39, 0.29) is 0 Å². The number of halogens is 1. The molecule has 0 spiro atoms. The number of ether oxygens (including phenoxy) is 1. The Bertz CT molecular complexity index is 527. The van der Waals surface area contributed by atoms with Crippen LogP contribution in [0.3, 0.4) is 0 Å². The van der Waals surface area contributed by atoms with Crippen molar-refractivity contribution in [2.75, 3.05) is 14.2 Å². The number of hydrogen-bond donors (Lipinski definition) is 1. The maximum absolute atomic E-state index is 5.23. The van der Waals surface area contributed by atoms with Crippen LogP contribution in [0.5, 0.6) is 5.75 Å². The summed E-state index contributed by atoms with van der Waals surface area (Å²) in [6.07, 6.45) is 1.57. The normalized spacial score (nSPS) is 10.6. The lowest BCUT2D eigenvalue weighted by atomic mass is 10.2. The van der Waals surface area contributed by atoms with Gasteiger partial charge in [-0.05, 0) is 30.8 Å². The van der Waals surface area contributed by atoms with Crippen LogP contribution >= 0.6 is 15.9 Å². The Hall–Kier alpha value is -1.40. The van der Waals surface area contributed by atoms with Crippen molar-refractivity contribution in [3.8, 4) is 5.75 Å². The summed E-state index contributed by atoms with van der Waals surface area (Å²) in [6, 6.07) is 5.89. The largest absolute Gasteiger partial charge is 0.497 e. The van der Waals surface area contributed by atoms with Crippen molar-refractivity contribution in [1.29, 1.82) is 0 Å². The molecule has 1 heterocycles.